The Labute approximate surface area is 192 Å². The van der Waals surface area contributed by atoms with Crippen molar-refractivity contribution in [3.05, 3.63) is 35.1 Å². The van der Waals surface area contributed by atoms with Crippen LogP contribution in [-0.4, -0.2) is 31.0 Å². The van der Waals surface area contributed by atoms with E-state index in [1.165, 1.54) is 30.5 Å². The summed E-state index contributed by atoms with van der Waals surface area (Å²) in [6.45, 7) is 15.1. The van der Waals surface area contributed by atoms with Crippen LogP contribution in [0.2, 0.25) is 0 Å². The zero-order valence-corrected chi connectivity index (χ0v) is 20.6. The Bertz CT molecular complexity index is 625. The van der Waals surface area contributed by atoms with E-state index < -0.39 is 0 Å². The van der Waals surface area contributed by atoms with Crippen LogP contribution in [0.15, 0.2) is 35.1 Å². The molecule has 31 heavy (non-hydrogen) atoms. The Balaban J connectivity index is 2.47. The predicted octanol–water partition coefficient (Wildman–Crippen LogP) is 6.55. The van der Waals surface area contributed by atoms with Gasteiger partial charge in [-0.2, -0.15) is 0 Å². The Hall–Kier alpha value is -1.50. The molecule has 3 atom stereocenters. The van der Waals surface area contributed by atoms with Gasteiger partial charge in [-0.15, -0.1) is 6.42 Å². The lowest BCUT2D eigenvalue weighted by atomic mass is 9.87. The van der Waals surface area contributed by atoms with Crippen LogP contribution >= 0.6 is 0 Å². The summed E-state index contributed by atoms with van der Waals surface area (Å²) in [5.41, 5.74) is 4.59. The normalized spacial score (nSPS) is 18.5. The highest BCUT2D eigenvalue weighted by Gasteiger charge is 2.14. The third-order valence-electron chi connectivity index (χ3n) is 6.36. The maximum atomic E-state index is 8.98. The quantitative estimate of drug-likeness (QED) is 0.216. The number of hydrogen-bond donors (Lipinski definition) is 2. The summed E-state index contributed by atoms with van der Waals surface area (Å²) in [5, 5.41) is 12.4. The largest absolute Gasteiger partial charge is 0.396 e. The van der Waals surface area contributed by atoms with Gasteiger partial charge in [-0.25, -0.2) is 0 Å². The highest BCUT2D eigenvalue weighted by molar-refractivity contribution is 5.51. The molecule has 0 saturated carbocycles. The SMILES string of the molecule is C#C/C(C(=C)CCC(C)CCC(C)CCC(C)OCC)=C1/C=C(NCCCO)CCC1. The fourth-order valence-corrected chi connectivity index (χ4v) is 4.20. The summed E-state index contributed by atoms with van der Waals surface area (Å²) >= 11 is 0. The van der Waals surface area contributed by atoms with E-state index in [2.05, 4.69) is 51.6 Å². The lowest BCUT2D eigenvalue weighted by Gasteiger charge is -2.20. The summed E-state index contributed by atoms with van der Waals surface area (Å²) in [6.07, 6.45) is 19.5. The van der Waals surface area contributed by atoms with Crippen LogP contribution in [0.25, 0.3) is 0 Å². The first-order valence-corrected chi connectivity index (χ1v) is 12.5. The molecule has 0 saturated heterocycles. The molecular weight excluding hydrogens is 382 g/mol. The summed E-state index contributed by atoms with van der Waals surface area (Å²) in [4.78, 5) is 0. The van der Waals surface area contributed by atoms with Gasteiger partial charge in [0.25, 0.3) is 0 Å². The number of aliphatic hydroxyl groups is 1. The van der Waals surface area contributed by atoms with Crippen LogP contribution in [0.5, 0.6) is 0 Å². The second-order valence-corrected chi connectivity index (χ2v) is 9.34. The zero-order valence-electron chi connectivity index (χ0n) is 20.6. The Morgan fingerprint density at radius 3 is 2.48 bits per heavy atom. The molecule has 0 bridgehead atoms. The first-order chi connectivity index (χ1) is 14.9. The Morgan fingerprint density at radius 1 is 1.16 bits per heavy atom. The van der Waals surface area contributed by atoms with E-state index in [4.69, 9.17) is 16.3 Å². The maximum absolute atomic E-state index is 8.98. The van der Waals surface area contributed by atoms with Gasteiger partial charge >= 0.3 is 0 Å². The van der Waals surface area contributed by atoms with Crippen molar-refractivity contribution in [2.45, 2.75) is 98.0 Å². The highest BCUT2D eigenvalue weighted by Crippen LogP contribution is 2.29. The highest BCUT2D eigenvalue weighted by atomic mass is 16.5. The van der Waals surface area contributed by atoms with Gasteiger partial charge in [0, 0.05) is 31.0 Å². The molecule has 0 amide bonds. The van der Waals surface area contributed by atoms with E-state index in [-0.39, 0.29) is 6.61 Å². The van der Waals surface area contributed by atoms with E-state index in [1.807, 2.05) is 0 Å². The average molecular weight is 430 g/mol. The van der Waals surface area contributed by atoms with Crippen molar-refractivity contribution in [2.24, 2.45) is 11.8 Å². The molecule has 0 aromatic rings. The number of aliphatic hydroxyl groups excluding tert-OH is 1. The van der Waals surface area contributed by atoms with Crippen LogP contribution in [-0.2, 0) is 4.74 Å². The van der Waals surface area contributed by atoms with Crippen molar-refractivity contribution in [1.29, 1.82) is 0 Å². The number of ether oxygens (including phenoxy) is 1. The van der Waals surface area contributed by atoms with Crippen molar-refractivity contribution < 1.29 is 9.84 Å². The maximum Gasteiger partial charge on any atom is 0.0547 e. The number of terminal acetylenes is 1. The molecule has 1 aliphatic carbocycles. The smallest absolute Gasteiger partial charge is 0.0547 e. The van der Waals surface area contributed by atoms with Crippen LogP contribution in [0, 0.1) is 24.2 Å². The zero-order chi connectivity index (χ0) is 23.1. The number of rotatable bonds is 16. The number of nitrogens with one attached hydrogen (secondary N) is 1. The fourth-order valence-electron chi connectivity index (χ4n) is 4.20. The minimum absolute atomic E-state index is 0.221. The topological polar surface area (TPSA) is 41.5 Å². The molecule has 0 heterocycles. The van der Waals surface area contributed by atoms with Crippen LogP contribution < -0.4 is 5.32 Å². The van der Waals surface area contributed by atoms with Crippen molar-refractivity contribution >= 4 is 0 Å². The Morgan fingerprint density at radius 2 is 1.84 bits per heavy atom. The molecule has 3 heteroatoms. The summed E-state index contributed by atoms with van der Waals surface area (Å²) in [7, 11) is 0. The third-order valence-corrected chi connectivity index (χ3v) is 6.36. The average Bonchev–Trinajstić information content (AvgIpc) is 2.76. The standard InChI is InChI=1S/C28H47NO2/c1-7-28(26-11-9-12-27(21-26)29-19-10-20-30)24(5)17-15-22(3)13-14-23(4)16-18-25(6)31-8-2/h1,21-23,25,29-30H,5,8-20H2,2-4,6H3/b28-26-. The predicted molar refractivity (Wildman–Crippen MR) is 134 cm³/mol. The van der Waals surface area contributed by atoms with Gasteiger partial charge in [0.2, 0.25) is 0 Å². The molecule has 0 aliphatic heterocycles. The van der Waals surface area contributed by atoms with Gasteiger partial charge < -0.3 is 15.2 Å². The molecule has 0 radical (unpaired) electrons. The lowest BCUT2D eigenvalue weighted by Crippen LogP contribution is -2.18. The minimum atomic E-state index is 0.221. The molecule has 0 aromatic heterocycles. The molecule has 1 aliphatic rings. The monoisotopic (exact) mass is 429 g/mol. The Kier molecular flexibility index (Phi) is 14.4. The number of allylic oxidation sites excluding steroid dienone is 5. The molecule has 0 spiro atoms. The van der Waals surface area contributed by atoms with E-state index in [9.17, 15) is 0 Å². The van der Waals surface area contributed by atoms with Crippen molar-refractivity contribution in [2.75, 3.05) is 19.8 Å². The lowest BCUT2D eigenvalue weighted by molar-refractivity contribution is 0.0654. The molecular formula is C28H47NO2. The second-order valence-electron chi connectivity index (χ2n) is 9.34. The summed E-state index contributed by atoms with van der Waals surface area (Å²) in [6, 6.07) is 0. The van der Waals surface area contributed by atoms with E-state index in [0.29, 0.717) is 12.0 Å². The van der Waals surface area contributed by atoms with Crippen molar-refractivity contribution in [3.8, 4) is 12.3 Å². The molecule has 3 unspecified atom stereocenters. The fraction of sp³-hybridized carbons (Fsp3) is 0.714. The van der Waals surface area contributed by atoms with Crippen LogP contribution in [0.4, 0.5) is 0 Å². The summed E-state index contributed by atoms with van der Waals surface area (Å²) in [5.74, 6) is 4.36. The van der Waals surface area contributed by atoms with E-state index in [0.717, 1.165) is 75.2 Å². The molecule has 176 valence electrons. The van der Waals surface area contributed by atoms with E-state index >= 15 is 0 Å². The van der Waals surface area contributed by atoms with Crippen LogP contribution in [0.3, 0.4) is 0 Å². The number of hydrogen-bond acceptors (Lipinski definition) is 3. The third kappa shape index (κ3) is 11.6. The van der Waals surface area contributed by atoms with Crippen molar-refractivity contribution in [3.63, 3.8) is 0 Å². The van der Waals surface area contributed by atoms with Gasteiger partial charge in [0.1, 0.15) is 0 Å². The van der Waals surface area contributed by atoms with Gasteiger partial charge in [-0.1, -0.05) is 39.2 Å². The summed E-state index contributed by atoms with van der Waals surface area (Å²) < 4.78 is 5.65. The second kappa shape index (κ2) is 16.2. The minimum Gasteiger partial charge on any atom is -0.396 e. The van der Waals surface area contributed by atoms with Gasteiger partial charge in [0.05, 0.1) is 6.10 Å². The first-order valence-electron chi connectivity index (χ1n) is 12.5. The molecule has 2 N–H and O–H groups in total. The van der Waals surface area contributed by atoms with Crippen molar-refractivity contribution in [1.82, 2.24) is 5.32 Å². The van der Waals surface area contributed by atoms with Gasteiger partial charge in [-0.3, -0.25) is 0 Å². The molecule has 0 fully saturated rings. The van der Waals surface area contributed by atoms with Gasteiger partial charge in [0.15, 0.2) is 0 Å². The molecule has 3 nitrogen and oxygen atoms in total. The first kappa shape index (κ1) is 27.5. The van der Waals surface area contributed by atoms with E-state index in [1.54, 1.807) is 0 Å². The van der Waals surface area contributed by atoms with Gasteiger partial charge in [-0.05, 0) is 94.3 Å². The molecule has 1 rings (SSSR count). The molecule has 0 aromatic carbocycles. The van der Waals surface area contributed by atoms with Crippen LogP contribution in [0.1, 0.15) is 91.9 Å².